The number of allylic oxidation sites excluding steroid dienone is 2. The average molecular weight is 265 g/mol. The van der Waals surface area contributed by atoms with Crippen molar-refractivity contribution in [2.75, 3.05) is 39.3 Å². The monoisotopic (exact) mass is 265 g/mol. The lowest BCUT2D eigenvalue weighted by atomic mass is 10.0. The van der Waals surface area contributed by atoms with Crippen LogP contribution in [-0.2, 0) is 4.79 Å². The van der Waals surface area contributed by atoms with Gasteiger partial charge >= 0.3 is 0 Å². The summed E-state index contributed by atoms with van der Waals surface area (Å²) in [6.45, 7) is 13.6. The van der Waals surface area contributed by atoms with Crippen LogP contribution in [0.15, 0.2) is 25.3 Å². The molecule has 1 aliphatic heterocycles. The zero-order chi connectivity index (χ0) is 13.9. The molecule has 108 valence electrons. The van der Waals surface area contributed by atoms with Crippen LogP contribution in [-0.4, -0.2) is 50.1 Å². The van der Waals surface area contributed by atoms with Crippen molar-refractivity contribution in [2.24, 2.45) is 5.92 Å². The molecule has 4 heteroatoms. The number of rotatable bonds is 9. The van der Waals surface area contributed by atoms with E-state index in [4.69, 9.17) is 0 Å². The molecule has 0 aliphatic carbocycles. The molecule has 1 fully saturated rings. The lowest BCUT2D eigenvalue weighted by molar-refractivity contribution is -0.124. The smallest absolute Gasteiger partial charge is 0.223 e. The second-order valence-corrected chi connectivity index (χ2v) is 4.98. The predicted octanol–water partition coefficient (Wildman–Crippen LogP) is 1.17. The van der Waals surface area contributed by atoms with E-state index in [1.54, 1.807) is 12.2 Å². The summed E-state index contributed by atoms with van der Waals surface area (Å²) in [5.74, 6) is 0.120. The Kier molecular flexibility index (Phi) is 8.18. The van der Waals surface area contributed by atoms with E-state index in [2.05, 4.69) is 28.7 Å². The molecule has 1 aliphatic rings. The summed E-state index contributed by atoms with van der Waals surface area (Å²) in [4.78, 5) is 14.4. The zero-order valence-electron chi connectivity index (χ0n) is 11.9. The molecule has 2 N–H and O–H groups in total. The third-order valence-corrected chi connectivity index (χ3v) is 3.43. The average Bonchev–Trinajstić information content (AvgIpc) is 2.44. The van der Waals surface area contributed by atoms with Gasteiger partial charge in [0.1, 0.15) is 0 Å². The van der Waals surface area contributed by atoms with Gasteiger partial charge in [0.05, 0.1) is 0 Å². The topological polar surface area (TPSA) is 44.4 Å². The molecule has 1 amide bonds. The van der Waals surface area contributed by atoms with Gasteiger partial charge in [0.15, 0.2) is 0 Å². The minimum atomic E-state index is -0.00538. The maximum absolute atomic E-state index is 11.9. The number of piperazine rings is 1. The van der Waals surface area contributed by atoms with E-state index in [1.807, 2.05) is 0 Å². The fraction of sp³-hybridized carbons (Fsp3) is 0.667. The predicted molar refractivity (Wildman–Crippen MR) is 80.1 cm³/mol. The minimum absolute atomic E-state index is 0.00538. The van der Waals surface area contributed by atoms with Crippen LogP contribution >= 0.6 is 0 Å². The van der Waals surface area contributed by atoms with Crippen LogP contribution in [0.3, 0.4) is 0 Å². The third kappa shape index (κ3) is 6.55. The van der Waals surface area contributed by atoms with Crippen LogP contribution in [0, 0.1) is 5.92 Å². The molecule has 0 radical (unpaired) electrons. The summed E-state index contributed by atoms with van der Waals surface area (Å²) in [6.07, 6.45) is 6.05. The Hall–Kier alpha value is -1.13. The van der Waals surface area contributed by atoms with Crippen LogP contribution in [0.4, 0.5) is 0 Å². The second kappa shape index (κ2) is 9.75. The maximum Gasteiger partial charge on any atom is 0.223 e. The van der Waals surface area contributed by atoms with Crippen LogP contribution in [0.25, 0.3) is 0 Å². The van der Waals surface area contributed by atoms with E-state index >= 15 is 0 Å². The maximum atomic E-state index is 11.9. The first-order valence-electron chi connectivity index (χ1n) is 7.20. The van der Waals surface area contributed by atoms with E-state index < -0.39 is 0 Å². The Morgan fingerprint density at radius 2 is 1.89 bits per heavy atom. The summed E-state index contributed by atoms with van der Waals surface area (Å²) < 4.78 is 0. The van der Waals surface area contributed by atoms with Gasteiger partial charge in [-0.3, -0.25) is 4.79 Å². The van der Waals surface area contributed by atoms with Crippen molar-refractivity contribution in [3.63, 3.8) is 0 Å². The minimum Gasteiger partial charge on any atom is -0.356 e. The fourth-order valence-electron chi connectivity index (χ4n) is 2.31. The van der Waals surface area contributed by atoms with Gasteiger partial charge in [0, 0.05) is 38.6 Å². The van der Waals surface area contributed by atoms with Crippen molar-refractivity contribution < 1.29 is 4.79 Å². The number of amides is 1. The number of hydrogen-bond donors (Lipinski definition) is 2. The van der Waals surface area contributed by atoms with Gasteiger partial charge in [0.25, 0.3) is 0 Å². The fourth-order valence-corrected chi connectivity index (χ4v) is 2.31. The summed E-state index contributed by atoms with van der Waals surface area (Å²) >= 11 is 0. The van der Waals surface area contributed by atoms with Gasteiger partial charge in [-0.25, -0.2) is 0 Å². The van der Waals surface area contributed by atoms with Gasteiger partial charge in [-0.05, 0) is 25.8 Å². The summed E-state index contributed by atoms with van der Waals surface area (Å²) in [6, 6.07) is 0. The van der Waals surface area contributed by atoms with E-state index in [0.717, 1.165) is 58.5 Å². The Labute approximate surface area is 116 Å². The summed E-state index contributed by atoms with van der Waals surface area (Å²) in [5, 5.41) is 6.35. The molecule has 0 aromatic rings. The Balaban J connectivity index is 2.13. The number of nitrogens with zero attached hydrogens (tertiary/aromatic N) is 1. The molecule has 0 spiro atoms. The number of carbonyl (C=O) groups excluding carboxylic acids is 1. The van der Waals surface area contributed by atoms with Crippen molar-refractivity contribution in [2.45, 2.75) is 19.3 Å². The van der Waals surface area contributed by atoms with E-state index in [1.165, 1.54) is 0 Å². The first kappa shape index (κ1) is 15.9. The molecule has 0 aromatic carbocycles. The number of carbonyl (C=O) groups is 1. The normalized spacial score (nSPS) is 16.3. The third-order valence-electron chi connectivity index (χ3n) is 3.43. The summed E-state index contributed by atoms with van der Waals surface area (Å²) in [7, 11) is 0. The van der Waals surface area contributed by atoms with Crippen LogP contribution in [0.1, 0.15) is 19.3 Å². The lowest BCUT2D eigenvalue weighted by Crippen LogP contribution is -2.44. The SMILES string of the molecule is C=CCC(CC=C)C(=O)NCCCN1CCNCC1. The highest BCUT2D eigenvalue weighted by Crippen LogP contribution is 2.09. The van der Waals surface area contributed by atoms with Gasteiger partial charge in [-0.15, -0.1) is 13.2 Å². The molecule has 0 bridgehead atoms. The molecule has 0 atom stereocenters. The summed E-state index contributed by atoms with van der Waals surface area (Å²) in [5.41, 5.74) is 0. The molecular weight excluding hydrogens is 238 g/mol. The van der Waals surface area contributed by atoms with Crippen molar-refractivity contribution in [1.82, 2.24) is 15.5 Å². The molecule has 1 heterocycles. The zero-order valence-corrected chi connectivity index (χ0v) is 11.9. The largest absolute Gasteiger partial charge is 0.356 e. The molecule has 4 nitrogen and oxygen atoms in total. The van der Waals surface area contributed by atoms with Crippen molar-refractivity contribution in [3.05, 3.63) is 25.3 Å². The Bertz CT molecular complexity index is 275. The molecule has 0 aromatic heterocycles. The van der Waals surface area contributed by atoms with Gasteiger partial charge in [-0.1, -0.05) is 12.2 Å². The number of nitrogens with one attached hydrogen (secondary N) is 2. The van der Waals surface area contributed by atoms with E-state index in [-0.39, 0.29) is 11.8 Å². The van der Waals surface area contributed by atoms with Gasteiger partial charge in [0.2, 0.25) is 5.91 Å². The molecule has 1 rings (SSSR count). The second-order valence-electron chi connectivity index (χ2n) is 4.98. The quantitative estimate of drug-likeness (QED) is 0.486. The first-order valence-corrected chi connectivity index (χ1v) is 7.20. The molecule has 0 unspecified atom stereocenters. The van der Waals surface area contributed by atoms with Gasteiger partial charge < -0.3 is 15.5 Å². The molecular formula is C15H27N3O. The van der Waals surface area contributed by atoms with Gasteiger partial charge in [-0.2, -0.15) is 0 Å². The van der Waals surface area contributed by atoms with Crippen molar-refractivity contribution in [1.29, 1.82) is 0 Å². The van der Waals surface area contributed by atoms with E-state index in [9.17, 15) is 4.79 Å². The van der Waals surface area contributed by atoms with E-state index in [0.29, 0.717) is 0 Å². The highest BCUT2D eigenvalue weighted by molar-refractivity contribution is 5.78. The molecule has 1 saturated heterocycles. The van der Waals surface area contributed by atoms with Crippen molar-refractivity contribution >= 4 is 5.91 Å². The number of hydrogen-bond acceptors (Lipinski definition) is 3. The molecule has 19 heavy (non-hydrogen) atoms. The highest BCUT2D eigenvalue weighted by Gasteiger charge is 2.15. The molecule has 0 saturated carbocycles. The standard InChI is InChI=1S/C15H27N3O/c1-3-6-14(7-4-2)15(19)17-8-5-11-18-12-9-16-10-13-18/h3-4,14,16H,1-2,5-13H2,(H,17,19). The van der Waals surface area contributed by atoms with Crippen LogP contribution in [0.2, 0.25) is 0 Å². The van der Waals surface area contributed by atoms with Crippen LogP contribution < -0.4 is 10.6 Å². The highest BCUT2D eigenvalue weighted by atomic mass is 16.1. The Morgan fingerprint density at radius 1 is 1.26 bits per heavy atom. The lowest BCUT2D eigenvalue weighted by Gasteiger charge is -2.27. The Morgan fingerprint density at radius 3 is 2.47 bits per heavy atom. The van der Waals surface area contributed by atoms with Crippen molar-refractivity contribution in [3.8, 4) is 0 Å². The van der Waals surface area contributed by atoms with Crippen LogP contribution in [0.5, 0.6) is 0 Å². The first-order chi connectivity index (χ1) is 9.27.